The number of methoxy groups -OCH3 is 1. The molecule has 1 heterocycles. The van der Waals surface area contributed by atoms with Gasteiger partial charge in [-0.2, -0.15) is 0 Å². The van der Waals surface area contributed by atoms with Gasteiger partial charge in [0.1, 0.15) is 30.0 Å². The van der Waals surface area contributed by atoms with Crippen LogP contribution in [0.25, 0.3) is 0 Å². The average Bonchev–Trinajstić information content (AvgIpc) is 3.31. The average molecular weight is 629 g/mol. The molecule has 2 N–H and O–H groups in total. The summed E-state index contributed by atoms with van der Waals surface area (Å²) in [5.74, 6) is -0.770. The molecule has 2 aromatic rings. The highest BCUT2D eigenvalue weighted by Gasteiger charge is 2.53. The first-order valence-corrected chi connectivity index (χ1v) is 17.8. The Hall–Kier alpha value is -3.41. The number of aliphatic hydroxyl groups excluding tert-OH is 1. The molecule has 1 saturated heterocycles. The largest absolute Gasteiger partial charge is 0.489 e. The Morgan fingerprint density at radius 2 is 1.61 bits per heavy atom. The van der Waals surface area contributed by atoms with Crippen molar-refractivity contribution < 1.29 is 38.1 Å². The smallest absolute Gasteiger partial charge is 0.408 e. The molecule has 11 heteroatoms. The van der Waals surface area contributed by atoms with Crippen molar-refractivity contribution in [1.29, 1.82) is 0 Å². The number of carbonyl (C=O) groups excluding carboxylic acids is 3. The van der Waals surface area contributed by atoms with Gasteiger partial charge >= 0.3 is 12.1 Å². The van der Waals surface area contributed by atoms with E-state index in [1.807, 2.05) is 54.6 Å². The molecule has 242 valence electrons. The van der Waals surface area contributed by atoms with E-state index in [0.717, 1.165) is 5.56 Å². The van der Waals surface area contributed by atoms with Crippen LogP contribution >= 0.6 is 0 Å². The van der Waals surface area contributed by atoms with Crippen molar-refractivity contribution in [3.8, 4) is 5.75 Å². The van der Waals surface area contributed by atoms with Crippen molar-refractivity contribution >= 4 is 26.3 Å². The van der Waals surface area contributed by atoms with Crippen LogP contribution in [0.15, 0.2) is 54.6 Å². The fourth-order valence-electron chi connectivity index (χ4n) is 4.90. The third-order valence-electron chi connectivity index (χ3n) is 8.07. The number of likely N-dealkylation sites (tertiary alicyclic amines) is 1. The van der Waals surface area contributed by atoms with Gasteiger partial charge in [0.2, 0.25) is 5.91 Å². The molecule has 0 bridgehead atoms. The zero-order valence-corrected chi connectivity index (χ0v) is 28.4. The van der Waals surface area contributed by atoms with Crippen LogP contribution in [0.3, 0.4) is 0 Å². The number of carbonyl (C=O) groups is 3. The molecule has 0 saturated carbocycles. The van der Waals surface area contributed by atoms with Crippen molar-refractivity contribution in [3.63, 3.8) is 0 Å². The third kappa shape index (κ3) is 8.61. The highest BCUT2D eigenvalue weighted by Crippen LogP contribution is 2.47. The Morgan fingerprint density at radius 1 is 1.00 bits per heavy atom. The number of hydrogen-bond donors (Lipinski definition) is 2. The van der Waals surface area contributed by atoms with Gasteiger partial charge in [0.25, 0.3) is 0 Å². The minimum atomic E-state index is -2.43. The van der Waals surface area contributed by atoms with Crippen molar-refractivity contribution in [2.24, 2.45) is 0 Å². The summed E-state index contributed by atoms with van der Waals surface area (Å²) in [5, 5.41) is 12.6. The first-order valence-electron chi connectivity index (χ1n) is 14.9. The summed E-state index contributed by atoms with van der Waals surface area (Å²) >= 11 is 0. The summed E-state index contributed by atoms with van der Waals surface area (Å²) in [6.07, 6.45) is -1.31. The zero-order valence-electron chi connectivity index (χ0n) is 27.4. The molecule has 44 heavy (non-hydrogen) atoms. The highest BCUT2D eigenvalue weighted by atomic mass is 28.4. The normalized spacial score (nSPS) is 19.7. The van der Waals surface area contributed by atoms with Crippen LogP contribution in [-0.4, -0.2) is 73.8 Å². The monoisotopic (exact) mass is 628 g/mol. The number of aliphatic hydroxyl groups is 1. The van der Waals surface area contributed by atoms with Gasteiger partial charge in [0.05, 0.1) is 25.9 Å². The van der Waals surface area contributed by atoms with Crippen LogP contribution in [0.2, 0.25) is 18.1 Å². The first kappa shape index (κ1) is 35.1. The number of alkyl carbamates (subject to hydrolysis) is 1. The fraction of sp³-hybridized carbons (Fsp3) is 0.545. The molecule has 0 aromatic heterocycles. The van der Waals surface area contributed by atoms with Crippen molar-refractivity contribution in [2.45, 2.75) is 103 Å². The number of esters is 1. The Labute approximate surface area is 262 Å². The Balaban J connectivity index is 2.12. The summed E-state index contributed by atoms with van der Waals surface area (Å²) in [6, 6.07) is 13.8. The maximum Gasteiger partial charge on any atom is 0.408 e. The molecule has 1 aliphatic rings. The highest BCUT2D eigenvalue weighted by molar-refractivity contribution is 6.74. The van der Waals surface area contributed by atoms with Gasteiger partial charge in [-0.3, -0.25) is 4.79 Å². The molecular weight excluding hydrogens is 580 g/mol. The molecule has 4 atom stereocenters. The second-order valence-corrected chi connectivity index (χ2v) is 18.3. The number of hydrogen-bond acceptors (Lipinski definition) is 8. The van der Waals surface area contributed by atoms with E-state index in [-0.39, 0.29) is 18.1 Å². The maximum atomic E-state index is 14.3. The van der Waals surface area contributed by atoms with E-state index in [2.05, 4.69) is 39.2 Å². The SMILES string of the molecule is COC(=O)[C@@H]1C[C@H](O[Si](C)(C)C(C)(C)C)[C@H](c2ccccc2OCc2ccccc2)N1C(=O)[C@H](CO)NC(=O)OC(C)(C)C. The van der Waals surface area contributed by atoms with E-state index >= 15 is 0 Å². The second kappa shape index (κ2) is 14.1. The molecule has 0 unspecified atom stereocenters. The van der Waals surface area contributed by atoms with Crippen LogP contribution in [0.5, 0.6) is 5.75 Å². The minimum absolute atomic E-state index is 0.160. The molecule has 2 aromatic carbocycles. The van der Waals surface area contributed by atoms with Crippen LogP contribution in [0.1, 0.15) is 65.1 Å². The summed E-state index contributed by atoms with van der Waals surface area (Å²) < 4.78 is 23.7. The second-order valence-electron chi connectivity index (χ2n) is 13.6. The topological polar surface area (TPSA) is 124 Å². The lowest BCUT2D eigenvalue weighted by atomic mass is 10.0. The van der Waals surface area contributed by atoms with Crippen molar-refractivity contribution in [2.75, 3.05) is 13.7 Å². The standard InChI is InChI=1S/C33H48N2O8Si/c1-32(2,3)42-31(39)34-24(20-36)29(37)35-25(30(38)40-7)19-27(43-44(8,9)33(4,5)6)28(35)23-17-13-14-18-26(23)41-21-22-15-11-10-12-16-22/h10-18,24-25,27-28,36H,19-21H2,1-9H3,(H,34,39)/t24-,25-,27-,28-/m0/s1. The van der Waals surface area contributed by atoms with E-state index in [1.54, 1.807) is 20.8 Å². The quantitative estimate of drug-likeness (QED) is 0.266. The molecule has 2 amide bonds. The van der Waals surface area contributed by atoms with Crippen molar-refractivity contribution in [1.82, 2.24) is 10.2 Å². The molecule has 1 fully saturated rings. The molecule has 0 aliphatic carbocycles. The lowest BCUT2D eigenvalue weighted by molar-refractivity contribution is -0.153. The van der Waals surface area contributed by atoms with Gasteiger partial charge in [-0.15, -0.1) is 0 Å². The fourth-order valence-corrected chi connectivity index (χ4v) is 6.23. The van der Waals surface area contributed by atoms with E-state index < -0.39 is 62.7 Å². The Morgan fingerprint density at radius 3 is 2.18 bits per heavy atom. The number of benzene rings is 2. The van der Waals surface area contributed by atoms with E-state index in [9.17, 15) is 19.5 Å². The van der Waals surface area contributed by atoms with Gasteiger partial charge in [-0.25, -0.2) is 9.59 Å². The molecule has 3 rings (SSSR count). The number of amides is 2. The van der Waals surface area contributed by atoms with E-state index in [1.165, 1.54) is 12.0 Å². The van der Waals surface area contributed by atoms with Crippen LogP contribution in [0.4, 0.5) is 4.79 Å². The van der Waals surface area contributed by atoms with Gasteiger partial charge in [-0.05, 0) is 50.5 Å². The summed E-state index contributed by atoms with van der Waals surface area (Å²) in [7, 11) is -1.17. The summed E-state index contributed by atoms with van der Waals surface area (Å²) in [4.78, 5) is 41.6. The van der Waals surface area contributed by atoms with Gasteiger partial charge in [0.15, 0.2) is 8.32 Å². The predicted molar refractivity (Wildman–Crippen MR) is 170 cm³/mol. The Bertz CT molecular complexity index is 1290. The maximum absolute atomic E-state index is 14.3. The Kier molecular flexibility index (Phi) is 11.3. The number of para-hydroxylation sites is 1. The number of rotatable bonds is 10. The summed E-state index contributed by atoms with van der Waals surface area (Å²) in [5.41, 5.74) is 0.778. The molecular formula is C33H48N2O8Si. The van der Waals surface area contributed by atoms with Gasteiger partial charge < -0.3 is 34.0 Å². The lowest BCUT2D eigenvalue weighted by Gasteiger charge is -2.41. The lowest BCUT2D eigenvalue weighted by Crippen LogP contribution is -2.55. The van der Waals surface area contributed by atoms with Crippen LogP contribution in [-0.2, 0) is 30.1 Å². The minimum Gasteiger partial charge on any atom is -0.489 e. The van der Waals surface area contributed by atoms with E-state index in [0.29, 0.717) is 11.3 Å². The van der Waals surface area contributed by atoms with Crippen LogP contribution in [0, 0.1) is 0 Å². The zero-order chi connectivity index (χ0) is 32.9. The van der Waals surface area contributed by atoms with Gasteiger partial charge in [-0.1, -0.05) is 69.3 Å². The van der Waals surface area contributed by atoms with Gasteiger partial charge in [0, 0.05) is 12.0 Å². The predicted octanol–water partition coefficient (Wildman–Crippen LogP) is 5.36. The van der Waals surface area contributed by atoms with Crippen LogP contribution < -0.4 is 10.1 Å². The van der Waals surface area contributed by atoms with Crippen molar-refractivity contribution in [3.05, 3.63) is 65.7 Å². The molecule has 10 nitrogen and oxygen atoms in total. The molecule has 1 aliphatic heterocycles. The number of nitrogens with one attached hydrogen (secondary N) is 1. The molecule has 0 spiro atoms. The van der Waals surface area contributed by atoms with E-state index in [4.69, 9.17) is 18.6 Å². The first-order chi connectivity index (χ1) is 20.5. The number of nitrogens with zero attached hydrogens (tertiary/aromatic N) is 1. The third-order valence-corrected chi connectivity index (χ3v) is 12.6. The number of ether oxygens (including phenoxy) is 3. The summed E-state index contributed by atoms with van der Waals surface area (Å²) in [6.45, 7) is 15.2. The molecule has 0 radical (unpaired) electrons.